The zero-order chi connectivity index (χ0) is 22.6. The summed E-state index contributed by atoms with van der Waals surface area (Å²) in [4.78, 5) is 11.5. The van der Waals surface area contributed by atoms with Crippen LogP contribution in [-0.4, -0.2) is 39.6 Å². The molecule has 0 saturated carbocycles. The number of piperidine rings is 1. The van der Waals surface area contributed by atoms with E-state index in [1.54, 1.807) is 6.20 Å². The highest BCUT2D eigenvalue weighted by molar-refractivity contribution is 5.80. The van der Waals surface area contributed by atoms with Gasteiger partial charge in [0.05, 0.1) is 11.4 Å². The SMILES string of the molecule is CNc1nccc(-c2c(-c3ccc(F)cc3)ccn2C2CCN(Cc3ccccc3)CC2)n1. The van der Waals surface area contributed by atoms with Crippen LogP contribution in [0.15, 0.2) is 79.1 Å². The van der Waals surface area contributed by atoms with Gasteiger partial charge in [-0.15, -0.1) is 0 Å². The summed E-state index contributed by atoms with van der Waals surface area (Å²) < 4.78 is 15.9. The Kier molecular flexibility index (Phi) is 6.17. The molecule has 0 bridgehead atoms. The van der Waals surface area contributed by atoms with E-state index < -0.39 is 0 Å². The summed E-state index contributed by atoms with van der Waals surface area (Å²) in [5.41, 5.74) is 5.32. The van der Waals surface area contributed by atoms with Gasteiger partial charge in [-0.3, -0.25) is 4.90 Å². The minimum Gasteiger partial charge on any atom is -0.357 e. The van der Waals surface area contributed by atoms with E-state index in [-0.39, 0.29) is 5.82 Å². The molecule has 1 fully saturated rings. The Morgan fingerprint density at radius 2 is 1.73 bits per heavy atom. The van der Waals surface area contributed by atoms with E-state index in [0.29, 0.717) is 12.0 Å². The van der Waals surface area contributed by atoms with Crippen LogP contribution in [0.4, 0.5) is 10.3 Å². The number of hydrogen-bond acceptors (Lipinski definition) is 4. The lowest BCUT2D eigenvalue weighted by Gasteiger charge is -2.33. The Bertz CT molecular complexity index is 1190. The summed E-state index contributed by atoms with van der Waals surface area (Å²) in [6, 6.07) is 21.8. The fourth-order valence-electron chi connectivity index (χ4n) is 4.69. The fraction of sp³-hybridized carbons (Fsp3) is 0.259. The number of anilines is 1. The molecule has 1 aliphatic rings. The van der Waals surface area contributed by atoms with Crippen molar-refractivity contribution < 1.29 is 4.39 Å². The van der Waals surface area contributed by atoms with Crippen LogP contribution in [0.5, 0.6) is 0 Å². The third-order valence-electron chi connectivity index (χ3n) is 6.39. The zero-order valence-electron chi connectivity index (χ0n) is 18.8. The minimum atomic E-state index is -0.231. The van der Waals surface area contributed by atoms with Crippen molar-refractivity contribution in [3.63, 3.8) is 0 Å². The van der Waals surface area contributed by atoms with Gasteiger partial charge in [-0.05, 0) is 48.2 Å². The van der Waals surface area contributed by atoms with Gasteiger partial charge < -0.3 is 9.88 Å². The molecule has 3 heterocycles. The molecule has 168 valence electrons. The third kappa shape index (κ3) is 4.66. The van der Waals surface area contributed by atoms with E-state index in [9.17, 15) is 4.39 Å². The molecule has 1 N–H and O–H groups in total. The van der Waals surface area contributed by atoms with Crippen molar-refractivity contribution in [1.29, 1.82) is 0 Å². The topological polar surface area (TPSA) is 46.0 Å². The lowest BCUT2D eigenvalue weighted by Crippen LogP contribution is -2.34. The van der Waals surface area contributed by atoms with Gasteiger partial charge in [0.25, 0.3) is 0 Å². The van der Waals surface area contributed by atoms with Gasteiger partial charge in [-0.25, -0.2) is 14.4 Å². The highest BCUT2D eigenvalue weighted by atomic mass is 19.1. The van der Waals surface area contributed by atoms with Gasteiger partial charge in [0.1, 0.15) is 5.82 Å². The minimum absolute atomic E-state index is 0.231. The number of rotatable bonds is 6. The van der Waals surface area contributed by atoms with E-state index in [1.807, 2.05) is 25.2 Å². The molecule has 5 nitrogen and oxygen atoms in total. The Hall–Kier alpha value is -3.51. The Morgan fingerprint density at radius 3 is 2.45 bits per heavy atom. The molecule has 0 unspecified atom stereocenters. The lowest BCUT2D eigenvalue weighted by molar-refractivity contribution is 0.180. The molecule has 0 aliphatic carbocycles. The van der Waals surface area contributed by atoms with Gasteiger partial charge in [-0.2, -0.15) is 0 Å². The quantitative estimate of drug-likeness (QED) is 0.421. The van der Waals surface area contributed by atoms with Gasteiger partial charge in [0, 0.05) is 50.7 Å². The van der Waals surface area contributed by atoms with E-state index in [4.69, 9.17) is 4.98 Å². The predicted octanol–water partition coefficient (Wildman–Crippen LogP) is 5.63. The Labute approximate surface area is 193 Å². The molecule has 2 aromatic heterocycles. The summed E-state index contributed by atoms with van der Waals surface area (Å²) in [5.74, 6) is 0.355. The van der Waals surface area contributed by atoms with Crippen LogP contribution in [0, 0.1) is 5.82 Å². The largest absolute Gasteiger partial charge is 0.357 e. The molecule has 1 aliphatic heterocycles. The van der Waals surface area contributed by atoms with Crippen molar-refractivity contribution >= 4 is 5.95 Å². The van der Waals surface area contributed by atoms with E-state index in [2.05, 4.69) is 62.4 Å². The van der Waals surface area contributed by atoms with Crippen LogP contribution in [0.25, 0.3) is 22.5 Å². The summed E-state index contributed by atoms with van der Waals surface area (Å²) in [6.07, 6.45) is 6.08. The van der Waals surface area contributed by atoms with Crippen molar-refractivity contribution in [1.82, 2.24) is 19.4 Å². The van der Waals surface area contributed by atoms with Crippen molar-refractivity contribution in [2.45, 2.75) is 25.4 Å². The number of nitrogens with one attached hydrogen (secondary N) is 1. The molecule has 2 aromatic carbocycles. The molecule has 0 spiro atoms. The molecule has 1 saturated heterocycles. The first-order valence-corrected chi connectivity index (χ1v) is 11.5. The van der Waals surface area contributed by atoms with E-state index >= 15 is 0 Å². The number of likely N-dealkylation sites (tertiary alicyclic amines) is 1. The molecular weight excluding hydrogens is 413 g/mol. The number of aromatic nitrogens is 3. The Balaban J connectivity index is 1.44. The van der Waals surface area contributed by atoms with Crippen LogP contribution in [0.2, 0.25) is 0 Å². The second-order valence-corrected chi connectivity index (χ2v) is 8.50. The average Bonchev–Trinajstić information content (AvgIpc) is 3.31. The molecule has 0 atom stereocenters. The predicted molar refractivity (Wildman–Crippen MR) is 130 cm³/mol. The first-order valence-electron chi connectivity index (χ1n) is 11.5. The van der Waals surface area contributed by atoms with Crippen LogP contribution in [-0.2, 0) is 6.54 Å². The second kappa shape index (κ2) is 9.55. The standard InChI is InChI=1S/C27H28FN5/c1-29-27-30-15-11-25(31-27)26-24(21-7-9-22(28)10-8-21)14-18-33(26)23-12-16-32(17-13-23)19-20-5-3-2-4-6-20/h2-11,14-15,18,23H,12-13,16-17,19H2,1H3,(H,29,30,31). The maximum Gasteiger partial charge on any atom is 0.222 e. The average molecular weight is 442 g/mol. The van der Waals surface area contributed by atoms with Crippen LogP contribution in [0.1, 0.15) is 24.4 Å². The van der Waals surface area contributed by atoms with Crippen LogP contribution < -0.4 is 5.32 Å². The normalized spacial score (nSPS) is 15.0. The maximum atomic E-state index is 13.6. The van der Waals surface area contributed by atoms with Crippen molar-refractivity contribution in [2.24, 2.45) is 0 Å². The van der Waals surface area contributed by atoms with Gasteiger partial charge in [0.2, 0.25) is 5.95 Å². The van der Waals surface area contributed by atoms with Crippen molar-refractivity contribution in [3.05, 3.63) is 90.5 Å². The maximum absolute atomic E-state index is 13.6. The van der Waals surface area contributed by atoms with E-state index in [1.165, 1.54) is 17.7 Å². The second-order valence-electron chi connectivity index (χ2n) is 8.50. The zero-order valence-corrected chi connectivity index (χ0v) is 18.8. The first kappa shape index (κ1) is 21.3. The summed E-state index contributed by atoms with van der Waals surface area (Å²) in [6.45, 7) is 3.09. The van der Waals surface area contributed by atoms with Gasteiger partial charge >= 0.3 is 0 Å². The van der Waals surface area contributed by atoms with Crippen molar-refractivity contribution in [3.8, 4) is 22.5 Å². The van der Waals surface area contributed by atoms with Crippen molar-refractivity contribution in [2.75, 3.05) is 25.5 Å². The number of benzene rings is 2. The molecule has 6 heteroatoms. The highest BCUT2D eigenvalue weighted by Gasteiger charge is 2.25. The smallest absolute Gasteiger partial charge is 0.222 e. The molecule has 33 heavy (non-hydrogen) atoms. The monoisotopic (exact) mass is 441 g/mol. The van der Waals surface area contributed by atoms with Gasteiger partial charge in [0.15, 0.2) is 0 Å². The molecule has 0 radical (unpaired) electrons. The number of halogens is 1. The Morgan fingerprint density at radius 1 is 0.970 bits per heavy atom. The number of nitrogens with zero attached hydrogens (tertiary/aromatic N) is 4. The molecule has 0 amide bonds. The van der Waals surface area contributed by atoms with E-state index in [0.717, 1.165) is 55.0 Å². The fourth-order valence-corrected chi connectivity index (χ4v) is 4.69. The first-order chi connectivity index (χ1) is 16.2. The van der Waals surface area contributed by atoms with Crippen LogP contribution in [0.3, 0.4) is 0 Å². The summed E-state index contributed by atoms with van der Waals surface area (Å²) >= 11 is 0. The molecule has 4 aromatic rings. The van der Waals surface area contributed by atoms with Gasteiger partial charge in [-0.1, -0.05) is 42.5 Å². The number of hydrogen-bond donors (Lipinski definition) is 1. The summed E-state index contributed by atoms with van der Waals surface area (Å²) in [7, 11) is 1.82. The third-order valence-corrected chi connectivity index (χ3v) is 6.39. The van der Waals surface area contributed by atoms with Crippen LogP contribution >= 0.6 is 0 Å². The molecule has 5 rings (SSSR count). The molecular formula is C27H28FN5. The lowest BCUT2D eigenvalue weighted by atomic mass is 10.0. The highest BCUT2D eigenvalue weighted by Crippen LogP contribution is 2.37. The summed E-state index contributed by atoms with van der Waals surface area (Å²) in [5, 5.41) is 3.04.